The van der Waals surface area contributed by atoms with Crippen LogP contribution in [0.4, 0.5) is 5.69 Å². The van der Waals surface area contributed by atoms with Crippen LogP contribution < -0.4 is 4.90 Å². The average molecular weight is 438 g/mol. The summed E-state index contributed by atoms with van der Waals surface area (Å²) in [7, 11) is 4.36. The number of fused-ring (bicyclic) bond motifs is 2. The average Bonchev–Trinajstić information content (AvgIpc) is 3.48. The first-order valence-electron chi connectivity index (χ1n) is 11.5. The van der Waals surface area contributed by atoms with E-state index in [1.165, 1.54) is 18.5 Å². The second-order valence-corrected chi connectivity index (χ2v) is 9.00. The first-order chi connectivity index (χ1) is 16.1. The number of pyridine rings is 1. The number of piperidine rings is 1. The number of aromatic nitrogens is 5. The monoisotopic (exact) mass is 437 g/mol. The van der Waals surface area contributed by atoms with Crippen LogP contribution in [0.25, 0.3) is 45.0 Å². The highest BCUT2D eigenvalue weighted by molar-refractivity contribution is 5.86. The minimum Gasteiger partial charge on any atom is -0.371 e. The molecule has 6 rings (SSSR count). The molecule has 4 heterocycles. The van der Waals surface area contributed by atoms with Crippen molar-refractivity contribution in [3.63, 3.8) is 0 Å². The third-order valence-corrected chi connectivity index (χ3v) is 6.69. The van der Waals surface area contributed by atoms with Gasteiger partial charge < -0.3 is 19.8 Å². The molecule has 1 aliphatic heterocycles. The van der Waals surface area contributed by atoms with Crippen LogP contribution in [0.1, 0.15) is 12.8 Å². The highest BCUT2D eigenvalue weighted by Gasteiger charge is 2.21. The zero-order valence-electron chi connectivity index (χ0n) is 18.9. The Morgan fingerprint density at radius 1 is 0.848 bits per heavy atom. The number of hydrogen-bond donors (Lipinski definition) is 2. The normalized spacial score (nSPS) is 15.2. The molecule has 0 saturated carbocycles. The van der Waals surface area contributed by atoms with E-state index in [2.05, 4.69) is 74.2 Å². The van der Waals surface area contributed by atoms with Crippen molar-refractivity contribution in [1.29, 1.82) is 0 Å². The lowest BCUT2D eigenvalue weighted by molar-refractivity contribution is 0.249. The minimum atomic E-state index is 0.680. The van der Waals surface area contributed by atoms with E-state index >= 15 is 0 Å². The summed E-state index contributed by atoms with van der Waals surface area (Å²) in [5.74, 6) is 1.64. The summed E-state index contributed by atoms with van der Waals surface area (Å²) in [4.78, 5) is 25.7. The lowest BCUT2D eigenvalue weighted by Gasteiger charge is -2.36. The van der Waals surface area contributed by atoms with E-state index in [9.17, 15) is 0 Å². The van der Waals surface area contributed by atoms with Gasteiger partial charge in [-0.15, -0.1) is 0 Å². The molecular weight excluding hydrogens is 410 g/mol. The maximum Gasteiger partial charge on any atom is 0.157 e. The van der Waals surface area contributed by atoms with Crippen LogP contribution in [-0.2, 0) is 0 Å². The Morgan fingerprint density at radius 2 is 1.58 bits per heavy atom. The zero-order chi connectivity index (χ0) is 22.4. The summed E-state index contributed by atoms with van der Waals surface area (Å²) in [6.07, 6.45) is 4.18. The third-order valence-electron chi connectivity index (χ3n) is 6.69. The Hall–Kier alpha value is -3.71. The van der Waals surface area contributed by atoms with Crippen molar-refractivity contribution in [1.82, 2.24) is 29.8 Å². The molecular formula is C26H27N7. The van der Waals surface area contributed by atoms with Gasteiger partial charge in [0.05, 0.1) is 22.1 Å². The van der Waals surface area contributed by atoms with Crippen LogP contribution in [0, 0.1) is 0 Å². The molecule has 0 bridgehead atoms. The van der Waals surface area contributed by atoms with Gasteiger partial charge in [-0.05, 0) is 75.5 Å². The lowest BCUT2D eigenvalue weighted by Crippen LogP contribution is -2.41. The van der Waals surface area contributed by atoms with E-state index in [1.807, 2.05) is 24.3 Å². The standard InChI is InChI=1S/C26H27N7/c1-32(2)18-10-13-33(14-11-18)19-7-9-21-24(16-19)30-25(28-21)17-6-8-20-23(15-17)31-26(29-20)22-5-3-4-12-27-22/h3-9,12,15-16,18H,10-11,13-14H2,1-2H3,(H,28,30)(H,29,31). The van der Waals surface area contributed by atoms with Crippen molar-refractivity contribution < 1.29 is 0 Å². The van der Waals surface area contributed by atoms with E-state index < -0.39 is 0 Å². The van der Waals surface area contributed by atoms with Crippen LogP contribution in [0.5, 0.6) is 0 Å². The first-order valence-corrected chi connectivity index (χ1v) is 11.5. The molecule has 0 atom stereocenters. The maximum atomic E-state index is 4.85. The van der Waals surface area contributed by atoms with Crippen LogP contribution >= 0.6 is 0 Å². The number of benzene rings is 2. The Labute approximate surface area is 192 Å². The van der Waals surface area contributed by atoms with Crippen molar-refractivity contribution in [3.05, 3.63) is 60.8 Å². The van der Waals surface area contributed by atoms with Crippen LogP contribution in [0.3, 0.4) is 0 Å². The van der Waals surface area contributed by atoms with Crippen molar-refractivity contribution in [2.24, 2.45) is 0 Å². The van der Waals surface area contributed by atoms with Gasteiger partial charge in [0.2, 0.25) is 0 Å². The second kappa shape index (κ2) is 8.01. The lowest BCUT2D eigenvalue weighted by atomic mass is 10.0. The van der Waals surface area contributed by atoms with E-state index in [4.69, 9.17) is 4.98 Å². The molecule has 7 nitrogen and oxygen atoms in total. The third kappa shape index (κ3) is 3.74. The molecule has 0 aliphatic carbocycles. The molecule has 5 aromatic rings. The van der Waals surface area contributed by atoms with E-state index in [-0.39, 0.29) is 0 Å². The van der Waals surface area contributed by atoms with E-state index in [0.29, 0.717) is 6.04 Å². The van der Waals surface area contributed by atoms with E-state index in [1.54, 1.807) is 6.20 Å². The molecule has 166 valence electrons. The molecule has 33 heavy (non-hydrogen) atoms. The van der Waals surface area contributed by atoms with Gasteiger partial charge in [-0.2, -0.15) is 0 Å². The van der Waals surface area contributed by atoms with Gasteiger partial charge in [-0.25, -0.2) is 9.97 Å². The fourth-order valence-electron chi connectivity index (χ4n) is 4.75. The minimum absolute atomic E-state index is 0.680. The van der Waals surface area contributed by atoms with Crippen molar-refractivity contribution in [2.75, 3.05) is 32.1 Å². The Balaban J connectivity index is 1.28. The van der Waals surface area contributed by atoms with Gasteiger partial charge in [0.25, 0.3) is 0 Å². The smallest absolute Gasteiger partial charge is 0.157 e. The SMILES string of the molecule is CN(C)C1CCN(c2ccc3nc(-c4ccc5nc(-c6ccccn6)[nH]c5c4)[nH]c3c2)CC1. The number of H-pyrrole nitrogens is 2. The molecule has 1 aliphatic rings. The molecule has 0 spiro atoms. The van der Waals surface area contributed by atoms with Gasteiger partial charge in [0, 0.05) is 36.6 Å². The summed E-state index contributed by atoms with van der Waals surface area (Å²) in [6, 6.07) is 19.2. The van der Waals surface area contributed by atoms with Gasteiger partial charge in [-0.3, -0.25) is 4.98 Å². The first kappa shape index (κ1) is 19.9. The summed E-state index contributed by atoms with van der Waals surface area (Å²) in [5, 5.41) is 0. The van der Waals surface area contributed by atoms with Gasteiger partial charge in [0.1, 0.15) is 11.5 Å². The van der Waals surface area contributed by atoms with Gasteiger partial charge >= 0.3 is 0 Å². The Bertz CT molecular complexity index is 1410. The largest absolute Gasteiger partial charge is 0.371 e. The number of imidazole rings is 2. The van der Waals surface area contributed by atoms with Crippen molar-refractivity contribution >= 4 is 27.8 Å². The molecule has 0 amide bonds. The fraction of sp³-hybridized carbons (Fsp3) is 0.269. The van der Waals surface area contributed by atoms with Crippen LogP contribution in [-0.4, -0.2) is 63.0 Å². The fourth-order valence-corrected chi connectivity index (χ4v) is 4.75. The summed E-state index contributed by atoms with van der Waals surface area (Å²) in [5.41, 5.74) is 7.06. The summed E-state index contributed by atoms with van der Waals surface area (Å²) < 4.78 is 0. The number of nitrogens with one attached hydrogen (secondary N) is 2. The number of nitrogens with zero attached hydrogens (tertiary/aromatic N) is 5. The van der Waals surface area contributed by atoms with Crippen LogP contribution in [0.15, 0.2) is 60.8 Å². The Kier molecular flexibility index (Phi) is 4.84. The molecule has 7 heteroatoms. The predicted molar refractivity (Wildman–Crippen MR) is 133 cm³/mol. The highest BCUT2D eigenvalue weighted by atomic mass is 15.2. The van der Waals surface area contributed by atoms with Crippen LogP contribution in [0.2, 0.25) is 0 Å². The zero-order valence-corrected chi connectivity index (χ0v) is 18.9. The maximum absolute atomic E-state index is 4.85. The quantitative estimate of drug-likeness (QED) is 0.426. The summed E-state index contributed by atoms with van der Waals surface area (Å²) >= 11 is 0. The molecule has 1 fully saturated rings. The van der Waals surface area contributed by atoms with Gasteiger partial charge in [-0.1, -0.05) is 6.07 Å². The number of rotatable bonds is 4. The summed E-state index contributed by atoms with van der Waals surface area (Å²) in [6.45, 7) is 2.18. The molecule has 3 aromatic heterocycles. The van der Waals surface area contributed by atoms with Crippen molar-refractivity contribution in [3.8, 4) is 22.9 Å². The topological polar surface area (TPSA) is 76.7 Å². The molecule has 0 unspecified atom stereocenters. The molecule has 1 saturated heterocycles. The molecule has 0 radical (unpaired) electrons. The molecule has 2 aromatic carbocycles. The molecule has 2 N–H and O–H groups in total. The van der Waals surface area contributed by atoms with Gasteiger partial charge in [0.15, 0.2) is 5.82 Å². The highest BCUT2D eigenvalue weighted by Crippen LogP contribution is 2.29. The number of hydrogen-bond acceptors (Lipinski definition) is 5. The number of aromatic amines is 2. The van der Waals surface area contributed by atoms with Crippen molar-refractivity contribution in [2.45, 2.75) is 18.9 Å². The van der Waals surface area contributed by atoms with E-state index in [0.717, 1.165) is 58.1 Å². The predicted octanol–water partition coefficient (Wildman–Crippen LogP) is 4.70. The number of anilines is 1. The second-order valence-electron chi connectivity index (χ2n) is 9.00. The Morgan fingerprint density at radius 3 is 2.33 bits per heavy atom.